The zero-order valence-electron chi connectivity index (χ0n) is 13.4. The molecule has 0 heterocycles. The van der Waals surface area contributed by atoms with Gasteiger partial charge in [0, 0.05) is 18.7 Å². The van der Waals surface area contributed by atoms with Crippen LogP contribution in [-0.2, 0) is 0 Å². The van der Waals surface area contributed by atoms with Crippen LogP contribution in [0.1, 0.15) is 47.0 Å². The molecule has 0 spiro atoms. The average molecular weight is 279 g/mol. The lowest BCUT2D eigenvalue weighted by molar-refractivity contribution is 0.824. The van der Waals surface area contributed by atoms with E-state index in [2.05, 4.69) is 63.2 Å². The summed E-state index contributed by atoms with van der Waals surface area (Å²) in [4.78, 5) is 5.79. The first-order chi connectivity index (χ1) is 9.10. The summed E-state index contributed by atoms with van der Waals surface area (Å²) in [5.41, 5.74) is 2.61. The van der Waals surface area contributed by atoms with Gasteiger partial charge in [-0.1, -0.05) is 38.2 Å². The number of nitrogens with zero attached hydrogens (tertiary/aromatic N) is 1. The number of thioether (sulfide) groups is 1. The Morgan fingerprint density at radius 3 is 2.32 bits per heavy atom. The van der Waals surface area contributed by atoms with E-state index in [0.29, 0.717) is 5.92 Å². The van der Waals surface area contributed by atoms with Crippen molar-refractivity contribution in [3.05, 3.63) is 34.8 Å². The van der Waals surface area contributed by atoms with Crippen LogP contribution >= 0.6 is 11.8 Å². The van der Waals surface area contributed by atoms with E-state index >= 15 is 0 Å². The van der Waals surface area contributed by atoms with Crippen molar-refractivity contribution in [2.75, 3.05) is 13.3 Å². The Labute approximate surface area is 124 Å². The van der Waals surface area contributed by atoms with E-state index in [-0.39, 0.29) is 0 Å². The molecule has 2 heteroatoms. The summed E-state index contributed by atoms with van der Waals surface area (Å²) in [6, 6.07) is 0. The number of rotatable bonds is 8. The van der Waals surface area contributed by atoms with Gasteiger partial charge in [-0.2, -0.15) is 0 Å². The third kappa shape index (κ3) is 7.41. The third-order valence-corrected chi connectivity index (χ3v) is 4.02. The van der Waals surface area contributed by atoms with E-state index in [1.54, 1.807) is 0 Å². The molecule has 0 aromatic carbocycles. The molecule has 0 aliphatic carbocycles. The van der Waals surface area contributed by atoms with Crippen molar-refractivity contribution in [3.8, 4) is 0 Å². The Hall–Kier alpha value is -0.760. The first-order valence-electron chi connectivity index (χ1n) is 7.11. The Morgan fingerprint density at radius 1 is 1.16 bits per heavy atom. The number of allylic oxidation sites excluding steroid dienone is 6. The average Bonchev–Trinajstić information content (AvgIpc) is 2.43. The second kappa shape index (κ2) is 11.1. The molecule has 0 amide bonds. The van der Waals surface area contributed by atoms with Gasteiger partial charge in [-0.15, -0.1) is 11.8 Å². The zero-order chi connectivity index (χ0) is 14.7. The fourth-order valence-corrected chi connectivity index (χ4v) is 2.15. The highest BCUT2D eigenvalue weighted by Crippen LogP contribution is 2.23. The molecular formula is C17H29NS. The molecule has 1 nitrogen and oxygen atoms in total. The molecule has 0 bridgehead atoms. The predicted octanol–water partition coefficient (Wildman–Crippen LogP) is 5.65. The van der Waals surface area contributed by atoms with Crippen LogP contribution in [0.5, 0.6) is 0 Å². The molecule has 0 saturated heterocycles. The lowest BCUT2D eigenvalue weighted by atomic mass is 9.89. The highest BCUT2D eigenvalue weighted by atomic mass is 32.2. The monoisotopic (exact) mass is 279 g/mol. The molecule has 0 radical (unpaired) electrons. The topological polar surface area (TPSA) is 12.4 Å². The molecule has 0 rings (SSSR count). The molecule has 0 aliphatic heterocycles. The quantitative estimate of drug-likeness (QED) is 0.413. The van der Waals surface area contributed by atoms with Gasteiger partial charge in [0.05, 0.1) is 0 Å². The fraction of sp³-hybridized carbons (Fsp3) is 0.588. The summed E-state index contributed by atoms with van der Waals surface area (Å²) in [6.07, 6.45) is 14.5. The summed E-state index contributed by atoms with van der Waals surface area (Å²) < 4.78 is 0. The molecule has 0 N–H and O–H groups in total. The summed E-state index contributed by atoms with van der Waals surface area (Å²) in [7, 11) is 1.89. The van der Waals surface area contributed by atoms with Gasteiger partial charge >= 0.3 is 0 Å². The van der Waals surface area contributed by atoms with Crippen LogP contribution in [0.15, 0.2) is 39.8 Å². The molecule has 0 fully saturated rings. The normalized spacial score (nSPS) is 16.2. The Kier molecular flexibility index (Phi) is 10.7. The fourth-order valence-electron chi connectivity index (χ4n) is 1.89. The van der Waals surface area contributed by atoms with Gasteiger partial charge in [-0.05, 0) is 49.8 Å². The maximum atomic E-state index is 4.41. The molecular weight excluding hydrogens is 250 g/mol. The first kappa shape index (κ1) is 18.2. The van der Waals surface area contributed by atoms with Crippen LogP contribution in [0.25, 0.3) is 0 Å². The molecule has 1 atom stereocenters. The largest absolute Gasteiger partial charge is 0.297 e. The lowest BCUT2D eigenvalue weighted by Crippen LogP contribution is -2.13. The van der Waals surface area contributed by atoms with E-state index in [0.717, 1.165) is 19.3 Å². The van der Waals surface area contributed by atoms with E-state index < -0.39 is 0 Å². The summed E-state index contributed by atoms with van der Waals surface area (Å²) in [5, 5.41) is 0. The summed E-state index contributed by atoms with van der Waals surface area (Å²) >= 11 is 1.81. The second-order valence-electron chi connectivity index (χ2n) is 4.60. The van der Waals surface area contributed by atoms with E-state index in [9.17, 15) is 0 Å². The predicted molar refractivity (Wildman–Crippen MR) is 92.2 cm³/mol. The van der Waals surface area contributed by atoms with E-state index in [1.165, 1.54) is 16.2 Å². The van der Waals surface area contributed by atoms with Gasteiger partial charge in [-0.3, -0.25) is 4.99 Å². The SMILES string of the molecule is CC/C=C\C(=C/CC)C(C/C=C(\C)SC)C(C)=NC. The molecule has 108 valence electrons. The van der Waals surface area contributed by atoms with Crippen molar-refractivity contribution < 1.29 is 0 Å². The number of hydrogen-bond donors (Lipinski definition) is 0. The minimum absolute atomic E-state index is 0.412. The number of hydrogen-bond acceptors (Lipinski definition) is 2. The van der Waals surface area contributed by atoms with Crippen molar-refractivity contribution in [2.24, 2.45) is 10.9 Å². The lowest BCUT2D eigenvalue weighted by Gasteiger charge is -2.17. The second-order valence-corrected chi connectivity index (χ2v) is 5.65. The Morgan fingerprint density at radius 2 is 1.84 bits per heavy atom. The zero-order valence-corrected chi connectivity index (χ0v) is 14.2. The van der Waals surface area contributed by atoms with Crippen molar-refractivity contribution in [2.45, 2.75) is 47.0 Å². The Balaban J connectivity index is 5.20. The minimum Gasteiger partial charge on any atom is -0.297 e. The third-order valence-electron chi connectivity index (χ3n) is 3.21. The summed E-state index contributed by atoms with van der Waals surface area (Å²) in [5.74, 6) is 0.412. The summed E-state index contributed by atoms with van der Waals surface area (Å²) in [6.45, 7) is 8.67. The van der Waals surface area contributed by atoms with Crippen LogP contribution in [0.3, 0.4) is 0 Å². The minimum atomic E-state index is 0.412. The van der Waals surface area contributed by atoms with Crippen LogP contribution in [0.4, 0.5) is 0 Å². The standard InChI is InChI=1S/C17H29NS/c1-7-9-11-16(10-8-2)17(15(4)18-5)13-12-14(3)19-6/h9-12,17H,7-8,13H2,1-6H3/b11-9-,14-12+,16-10+,18-15?. The van der Waals surface area contributed by atoms with Crippen molar-refractivity contribution in [1.29, 1.82) is 0 Å². The van der Waals surface area contributed by atoms with Crippen LogP contribution < -0.4 is 0 Å². The van der Waals surface area contributed by atoms with Crippen LogP contribution in [0, 0.1) is 5.92 Å². The number of aliphatic imine (C=N–C) groups is 1. The highest BCUT2D eigenvalue weighted by Gasteiger charge is 2.14. The van der Waals surface area contributed by atoms with Gasteiger partial charge in [0.1, 0.15) is 0 Å². The molecule has 0 saturated carbocycles. The van der Waals surface area contributed by atoms with Crippen LogP contribution in [0.2, 0.25) is 0 Å². The highest BCUT2D eigenvalue weighted by molar-refractivity contribution is 8.02. The molecule has 0 aromatic rings. The maximum Gasteiger partial charge on any atom is 0.0276 e. The van der Waals surface area contributed by atoms with Crippen molar-refractivity contribution in [3.63, 3.8) is 0 Å². The smallest absolute Gasteiger partial charge is 0.0276 e. The van der Waals surface area contributed by atoms with E-state index in [4.69, 9.17) is 0 Å². The van der Waals surface area contributed by atoms with Crippen molar-refractivity contribution >= 4 is 17.5 Å². The molecule has 0 aromatic heterocycles. The molecule has 1 unspecified atom stereocenters. The van der Waals surface area contributed by atoms with Gasteiger partial charge in [0.2, 0.25) is 0 Å². The van der Waals surface area contributed by atoms with E-state index in [1.807, 2.05) is 18.8 Å². The van der Waals surface area contributed by atoms with Crippen LogP contribution in [-0.4, -0.2) is 19.0 Å². The van der Waals surface area contributed by atoms with Gasteiger partial charge in [0.15, 0.2) is 0 Å². The van der Waals surface area contributed by atoms with Crippen molar-refractivity contribution in [1.82, 2.24) is 0 Å². The van der Waals surface area contributed by atoms with Gasteiger partial charge in [0.25, 0.3) is 0 Å². The Bertz CT molecular complexity index is 361. The first-order valence-corrected chi connectivity index (χ1v) is 8.33. The maximum absolute atomic E-state index is 4.41. The van der Waals surface area contributed by atoms with Gasteiger partial charge < -0.3 is 0 Å². The van der Waals surface area contributed by atoms with Gasteiger partial charge in [-0.25, -0.2) is 0 Å². The molecule has 0 aliphatic rings. The molecule has 19 heavy (non-hydrogen) atoms.